The van der Waals surface area contributed by atoms with Gasteiger partial charge in [-0.3, -0.25) is 9.69 Å². The first-order valence-corrected chi connectivity index (χ1v) is 7.87. The second kappa shape index (κ2) is 7.57. The van der Waals surface area contributed by atoms with E-state index in [4.69, 9.17) is 0 Å². The minimum Gasteiger partial charge on any atom is -0.325 e. The minimum absolute atomic E-state index is 0.0689. The number of likely N-dealkylation sites (N-methyl/N-ethyl adjacent to an activating group) is 1. The van der Waals surface area contributed by atoms with Gasteiger partial charge in [-0.2, -0.15) is 0 Å². The molecular weight excluding hydrogens is 262 g/mol. The van der Waals surface area contributed by atoms with Gasteiger partial charge in [0.2, 0.25) is 5.91 Å². The summed E-state index contributed by atoms with van der Waals surface area (Å²) in [5.74, 6) is 0.0689. The Kier molecular flexibility index (Phi) is 5.76. The van der Waals surface area contributed by atoms with Crippen LogP contribution in [0, 0.1) is 0 Å². The molecule has 4 heteroatoms. The van der Waals surface area contributed by atoms with Gasteiger partial charge in [0.15, 0.2) is 0 Å². The summed E-state index contributed by atoms with van der Waals surface area (Å²) in [6, 6.07) is 10.7. The topological polar surface area (TPSA) is 44.4 Å². The largest absolute Gasteiger partial charge is 0.325 e. The SMILES string of the molecule is CNC1CCC(N(C)C(C)C(=O)Nc2ccccc2)CC1. The highest BCUT2D eigenvalue weighted by molar-refractivity contribution is 5.94. The number of hydrogen-bond donors (Lipinski definition) is 2. The van der Waals surface area contributed by atoms with Crippen LogP contribution in [0.4, 0.5) is 5.69 Å². The lowest BCUT2D eigenvalue weighted by molar-refractivity contribution is -0.121. The molecule has 0 bridgehead atoms. The molecule has 4 nitrogen and oxygen atoms in total. The van der Waals surface area contributed by atoms with Crippen LogP contribution >= 0.6 is 0 Å². The fourth-order valence-corrected chi connectivity index (χ4v) is 3.04. The first-order chi connectivity index (χ1) is 10.1. The van der Waals surface area contributed by atoms with Crippen LogP contribution < -0.4 is 10.6 Å². The van der Waals surface area contributed by atoms with Crippen molar-refractivity contribution >= 4 is 11.6 Å². The van der Waals surface area contributed by atoms with Crippen LogP contribution in [-0.4, -0.2) is 43.0 Å². The molecule has 0 saturated heterocycles. The molecular formula is C17H27N3O. The van der Waals surface area contributed by atoms with E-state index in [1.165, 1.54) is 12.8 Å². The number of carbonyl (C=O) groups is 1. The monoisotopic (exact) mass is 289 g/mol. The fraction of sp³-hybridized carbons (Fsp3) is 0.588. The van der Waals surface area contributed by atoms with Crippen LogP contribution in [0.25, 0.3) is 0 Å². The molecule has 2 N–H and O–H groups in total. The summed E-state index contributed by atoms with van der Waals surface area (Å²) in [6.07, 6.45) is 4.70. The summed E-state index contributed by atoms with van der Waals surface area (Å²) in [6.45, 7) is 1.99. The number of nitrogens with one attached hydrogen (secondary N) is 2. The average molecular weight is 289 g/mol. The zero-order valence-electron chi connectivity index (χ0n) is 13.3. The first-order valence-electron chi connectivity index (χ1n) is 7.87. The number of benzene rings is 1. The fourth-order valence-electron chi connectivity index (χ4n) is 3.04. The van der Waals surface area contributed by atoms with Crippen molar-refractivity contribution in [3.8, 4) is 0 Å². The third-order valence-electron chi connectivity index (χ3n) is 4.71. The molecule has 1 aliphatic rings. The second-order valence-electron chi connectivity index (χ2n) is 5.99. The molecule has 21 heavy (non-hydrogen) atoms. The zero-order chi connectivity index (χ0) is 15.2. The molecule has 0 heterocycles. The van der Waals surface area contributed by atoms with E-state index in [0.29, 0.717) is 12.1 Å². The molecule has 116 valence electrons. The number of amides is 1. The van der Waals surface area contributed by atoms with Gasteiger partial charge in [-0.25, -0.2) is 0 Å². The van der Waals surface area contributed by atoms with Gasteiger partial charge in [-0.05, 0) is 58.8 Å². The lowest BCUT2D eigenvalue weighted by Crippen LogP contribution is -2.48. The number of nitrogens with zero attached hydrogens (tertiary/aromatic N) is 1. The standard InChI is InChI=1S/C17H27N3O/c1-13(17(21)19-15-7-5-4-6-8-15)20(3)16-11-9-14(18-2)10-12-16/h4-8,13-14,16,18H,9-12H2,1-3H3,(H,19,21). The molecule has 1 aromatic carbocycles. The van der Waals surface area contributed by atoms with Crippen LogP contribution in [0.2, 0.25) is 0 Å². The molecule has 2 rings (SSSR count). The van der Waals surface area contributed by atoms with E-state index in [1.54, 1.807) is 0 Å². The Morgan fingerprint density at radius 3 is 2.38 bits per heavy atom. The molecule has 1 saturated carbocycles. The third-order valence-corrected chi connectivity index (χ3v) is 4.71. The summed E-state index contributed by atoms with van der Waals surface area (Å²) >= 11 is 0. The predicted molar refractivity (Wildman–Crippen MR) is 87.4 cm³/mol. The highest BCUT2D eigenvalue weighted by Crippen LogP contribution is 2.23. The van der Waals surface area contributed by atoms with E-state index >= 15 is 0 Å². The lowest BCUT2D eigenvalue weighted by atomic mass is 9.90. The van der Waals surface area contributed by atoms with Crippen molar-refractivity contribution in [2.45, 2.75) is 50.7 Å². The third kappa shape index (κ3) is 4.29. The highest BCUT2D eigenvalue weighted by atomic mass is 16.2. The maximum Gasteiger partial charge on any atom is 0.241 e. The van der Waals surface area contributed by atoms with E-state index in [2.05, 4.69) is 22.6 Å². The normalized spacial score (nSPS) is 23.8. The number of carbonyl (C=O) groups excluding carboxylic acids is 1. The lowest BCUT2D eigenvalue weighted by Gasteiger charge is -2.37. The Balaban J connectivity index is 1.87. The summed E-state index contributed by atoms with van der Waals surface area (Å²) in [5.41, 5.74) is 0.863. The van der Waals surface area contributed by atoms with Gasteiger partial charge in [0.1, 0.15) is 0 Å². The summed E-state index contributed by atoms with van der Waals surface area (Å²) in [5, 5.41) is 6.34. The Morgan fingerprint density at radius 2 is 1.81 bits per heavy atom. The molecule has 0 aliphatic heterocycles. The quantitative estimate of drug-likeness (QED) is 0.875. The number of hydrogen-bond acceptors (Lipinski definition) is 3. The van der Waals surface area contributed by atoms with E-state index in [0.717, 1.165) is 18.5 Å². The highest BCUT2D eigenvalue weighted by Gasteiger charge is 2.28. The smallest absolute Gasteiger partial charge is 0.241 e. The summed E-state index contributed by atoms with van der Waals surface area (Å²) in [4.78, 5) is 14.6. The molecule has 0 radical (unpaired) electrons. The van der Waals surface area contributed by atoms with Crippen molar-refractivity contribution in [2.24, 2.45) is 0 Å². The van der Waals surface area contributed by atoms with Gasteiger partial charge in [0, 0.05) is 17.8 Å². The Bertz CT molecular complexity index is 441. The number of anilines is 1. The second-order valence-corrected chi connectivity index (χ2v) is 5.99. The van der Waals surface area contributed by atoms with E-state index in [1.807, 2.05) is 44.3 Å². The van der Waals surface area contributed by atoms with Crippen LogP contribution in [0.3, 0.4) is 0 Å². The van der Waals surface area contributed by atoms with Crippen molar-refractivity contribution < 1.29 is 4.79 Å². The summed E-state index contributed by atoms with van der Waals surface area (Å²) in [7, 11) is 4.10. The summed E-state index contributed by atoms with van der Waals surface area (Å²) < 4.78 is 0. The molecule has 1 aromatic rings. The van der Waals surface area contributed by atoms with Crippen LogP contribution in [0.15, 0.2) is 30.3 Å². The van der Waals surface area contributed by atoms with Crippen molar-refractivity contribution in [3.05, 3.63) is 30.3 Å². The van der Waals surface area contributed by atoms with Gasteiger partial charge in [-0.1, -0.05) is 18.2 Å². The average Bonchev–Trinajstić information content (AvgIpc) is 2.54. The van der Waals surface area contributed by atoms with Crippen molar-refractivity contribution in [3.63, 3.8) is 0 Å². The van der Waals surface area contributed by atoms with Gasteiger partial charge in [0.25, 0.3) is 0 Å². The number of rotatable bonds is 5. The molecule has 1 aliphatic carbocycles. The van der Waals surface area contributed by atoms with Gasteiger partial charge in [-0.15, -0.1) is 0 Å². The predicted octanol–water partition coefficient (Wildman–Crippen LogP) is 2.48. The molecule has 0 aromatic heterocycles. The van der Waals surface area contributed by atoms with Crippen LogP contribution in [-0.2, 0) is 4.79 Å². The zero-order valence-corrected chi connectivity index (χ0v) is 13.3. The van der Waals surface area contributed by atoms with Crippen molar-refractivity contribution in [1.82, 2.24) is 10.2 Å². The molecule has 0 spiro atoms. The maximum absolute atomic E-state index is 12.4. The van der Waals surface area contributed by atoms with Crippen molar-refractivity contribution in [2.75, 3.05) is 19.4 Å². The first kappa shape index (κ1) is 16.0. The molecule has 1 unspecified atom stereocenters. The molecule has 1 atom stereocenters. The molecule has 1 fully saturated rings. The molecule has 1 amide bonds. The number of para-hydroxylation sites is 1. The van der Waals surface area contributed by atoms with E-state index in [9.17, 15) is 4.79 Å². The van der Waals surface area contributed by atoms with Crippen LogP contribution in [0.5, 0.6) is 0 Å². The Labute approximate surface area is 127 Å². The van der Waals surface area contributed by atoms with Gasteiger partial charge < -0.3 is 10.6 Å². The van der Waals surface area contributed by atoms with E-state index < -0.39 is 0 Å². The Morgan fingerprint density at radius 1 is 1.19 bits per heavy atom. The van der Waals surface area contributed by atoms with E-state index in [-0.39, 0.29) is 11.9 Å². The minimum atomic E-state index is -0.110. The van der Waals surface area contributed by atoms with Crippen LogP contribution in [0.1, 0.15) is 32.6 Å². The van der Waals surface area contributed by atoms with Gasteiger partial charge in [0.05, 0.1) is 6.04 Å². The maximum atomic E-state index is 12.4. The van der Waals surface area contributed by atoms with Gasteiger partial charge >= 0.3 is 0 Å². The Hall–Kier alpha value is -1.39. The van der Waals surface area contributed by atoms with Crippen molar-refractivity contribution in [1.29, 1.82) is 0 Å².